The Bertz CT molecular complexity index is 863. The van der Waals surface area contributed by atoms with Crippen LogP contribution in [0.1, 0.15) is 33.1 Å². The van der Waals surface area contributed by atoms with E-state index in [0.717, 1.165) is 10.6 Å². The molecule has 5 nitrogen and oxygen atoms in total. The normalized spacial score (nSPS) is 15.6. The monoisotopic (exact) mass is 426 g/mol. The van der Waals surface area contributed by atoms with Gasteiger partial charge >= 0.3 is 5.97 Å². The van der Waals surface area contributed by atoms with E-state index in [1.807, 2.05) is 6.07 Å². The number of halogens is 2. The molecule has 0 amide bonds. The first-order valence-corrected chi connectivity index (χ1v) is 10.0. The molecule has 1 fully saturated rings. The Balaban J connectivity index is 2.12. The zero-order valence-corrected chi connectivity index (χ0v) is 16.9. The first-order chi connectivity index (χ1) is 12.9. The van der Waals surface area contributed by atoms with E-state index in [4.69, 9.17) is 33.7 Å². The lowest BCUT2D eigenvalue weighted by molar-refractivity contribution is 0.0701. The van der Waals surface area contributed by atoms with Crippen LogP contribution in [0, 0.1) is 0 Å². The van der Waals surface area contributed by atoms with Crippen LogP contribution >= 0.6 is 34.5 Å². The molecule has 3 N–H and O–H groups in total. The minimum atomic E-state index is -0.990. The van der Waals surface area contributed by atoms with E-state index in [-0.39, 0.29) is 10.8 Å². The van der Waals surface area contributed by atoms with Crippen LogP contribution in [-0.4, -0.2) is 37.4 Å². The zero-order valence-electron chi connectivity index (χ0n) is 14.6. The average molecular weight is 427 g/mol. The first-order valence-electron chi connectivity index (χ1n) is 8.48. The Hall–Kier alpha value is -1.73. The molecular formula is C19H20Cl2N2O3S. The lowest BCUT2D eigenvalue weighted by atomic mass is 9.87. The van der Waals surface area contributed by atoms with E-state index >= 15 is 0 Å². The standard InChI is InChI=1S/C19H20Cl2N2O3S/c1-2-3-12(11-4-5-13(20)14(21)10-11)15-16(22)18(27-17(15)19(24)25)23-6-8-26-9-7-23/h2,4-5,10,12H,1,3,6-9,22H2,(H,24,25). The number of rotatable bonds is 6. The average Bonchev–Trinajstić information content (AvgIpc) is 3.00. The van der Waals surface area contributed by atoms with Crippen molar-refractivity contribution in [1.82, 2.24) is 0 Å². The largest absolute Gasteiger partial charge is 0.477 e. The van der Waals surface area contributed by atoms with E-state index in [1.165, 1.54) is 11.3 Å². The third-order valence-corrected chi connectivity index (χ3v) is 6.56. The van der Waals surface area contributed by atoms with E-state index in [2.05, 4.69) is 11.5 Å². The summed E-state index contributed by atoms with van der Waals surface area (Å²) in [4.78, 5) is 14.3. The van der Waals surface area contributed by atoms with Crippen molar-refractivity contribution in [3.05, 3.63) is 56.9 Å². The van der Waals surface area contributed by atoms with Gasteiger partial charge in [-0.2, -0.15) is 0 Å². The highest BCUT2D eigenvalue weighted by atomic mass is 35.5. The van der Waals surface area contributed by atoms with Gasteiger partial charge in [-0.05, 0) is 24.1 Å². The highest BCUT2D eigenvalue weighted by Crippen LogP contribution is 2.46. The summed E-state index contributed by atoms with van der Waals surface area (Å²) in [7, 11) is 0. The molecule has 1 aromatic carbocycles. The lowest BCUT2D eigenvalue weighted by Gasteiger charge is -2.28. The topological polar surface area (TPSA) is 75.8 Å². The summed E-state index contributed by atoms with van der Waals surface area (Å²) >= 11 is 13.4. The van der Waals surface area contributed by atoms with Gasteiger partial charge in [0.2, 0.25) is 0 Å². The number of anilines is 2. The Labute approximate surface area is 171 Å². The van der Waals surface area contributed by atoms with Gasteiger partial charge in [-0.1, -0.05) is 35.3 Å². The molecule has 1 aromatic heterocycles. The van der Waals surface area contributed by atoms with Gasteiger partial charge in [-0.15, -0.1) is 17.9 Å². The second-order valence-corrected chi connectivity index (χ2v) is 8.03. The van der Waals surface area contributed by atoms with Crippen LogP contribution in [0.15, 0.2) is 30.9 Å². The van der Waals surface area contributed by atoms with Crippen molar-refractivity contribution in [2.45, 2.75) is 12.3 Å². The predicted octanol–water partition coefficient (Wildman–Crippen LogP) is 4.88. The summed E-state index contributed by atoms with van der Waals surface area (Å²) < 4.78 is 5.39. The SMILES string of the molecule is C=CCC(c1ccc(Cl)c(Cl)c1)c1c(C(=O)O)sc(N2CCOCC2)c1N. The molecule has 0 radical (unpaired) electrons. The number of hydrogen-bond donors (Lipinski definition) is 2. The lowest BCUT2D eigenvalue weighted by Crippen LogP contribution is -2.36. The third kappa shape index (κ3) is 4.09. The minimum absolute atomic E-state index is 0.243. The molecule has 27 heavy (non-hydrogen) atoms. The molecule has 0 bridgehead atoms. The molecule has 0 spiro atoms. The third-order valence-electron chi connectivity index (χ3n) is 4.55. The van der Waals surface area contributed by atoms with E-state index < -0.39 is 5.97 Å². The van der Waals surface area contributed by atoms with Crippen molar-refractivity contribution >= 4 is 51.2 Å². The van der Waals surface area contributed by atoms with Gasteiger partial charge in [-0.25, -0.2) is 4.79 Å². The number of benzene rings is 1. The van der Waals surface area contributed by atoms with Gasteiger partial charge in [0.15, 0.2) is 0 Å². The summed E-state index contributed by atoms with van der Waals surface area (Å²) in [5.41, 5.74) is 8.43. The number of carboxylic acid groups (broad SMARTS) is 1. The fourth-order valence-electron chi connectivity index (χ4n) is 3.27. The number of thiophene rings is 1. The Morgan fingerprint density at radius 2 is 2.07 bits per heavy atom. The van der Waals surface area contributed by atoms with Crippen LogP contribution in [0.4, 0.5) is 10.7 Å². The number of hydrogen-bond acceptors (Lipinski definition) is 5. The van der Waals surface area contributed by atoms with Crippen molar-refractivity contribution in [2.75, 3.05) is 36.9 Å². The molecule has 0 saturated carbocycles. The van der Waals surface area contributed by atoms with Crippen molar-refractivity contribution in [1.29, 1.82) is 0 Å². The number of carbonyl (C=O) groups is 1. The van der Waals surface area contributed by atoms with Crippen LogP contribution in [0.3, 0.4) is 0 Å². The van der Waals surface area contributed by atoms with Crippen LogP contribution in [0.2, 0.25) is 10.0 Å². The van der Waals surface area contributed by atoms with Gasteiger partial charge in [0.05, 0.1) is 28.9 Å². The summed E-state index contributed by atoms with van der Waals surface area (Å²) in [5, 5.41) is 11.4. The first kappa shape index (κ1) is 20.0. The maximum atomic E-state index is 12.0. The van der Waals surface area contributed by atoms with Crippen LogP contribution in [0.25, 0.3) is 0 Å². The van der Waals surface area contributed by atoms with E-state index in [1.54, 1.807) is 18.2 Å². The number of nitrogen functional groups attached to an aromatic ring is 1. The molecule has 1 saturated heterocycles. The molecule has 1 aliphatic heterocycles. The number of nitrogens with two attached hydrogens (primary N) is 1. The summed E-state index contributed by atoms with van der Waals surface area (Å²) in [6.45, 7) is 6.38. The van der Waals surface area contributed by atoms with Gasteiger partial charge in [0, 0.05) is 24.6 Å². The fraction of sp³-hybridized carbons (Fsp3) is 0.316. The summed E-state index contributed by atoms with van der Waals surface area (Å²) in [5.74, 6) is -1.26. The second-order valence-electron chi connectivity index (χ2n) is 6.22. The highest BCUT2D eigenvalue weighted by Gasteiger charge is 2.30. The van der Waals surface area contributed by atoms with Crippen molar-refractivity contribution in [3.8, 4) is 0 Å². The fourth-order valence-corrected chi connectivity index (χ4v) is 4.75. The Kier molecular flexibility index (Phi) is 6.32. The molecule has 3 rings (SSSR count). The smallest absolute Gasteiger partial charge is 0.346 e. The number of carboxylic acids is 1. The maximum Gasteiger partial charge on any atom is 0.346 e. The van der Waals surface area contributed by atoms with Crippen molar-refractivity contribution < 1.29 is 14.6 Å². The minimum Gasteiger partial charge on any atom is -0.477 e. The zero-order chi connectivity index (χ0) is 19.6. The van der Waals surface area contributed by atoms with E-state index in [0.29, 0.717) is 54.0 Å². The number of nitrogens with zero attached hydrogens (tertiary/aromatic N) is 1. The number of morpholine rings is 1. The highest BCUT2D eigenvalue weighted by molar-refractivity contribution is 7.18. The molecule has 0 aliphatic carbocycles. The van der Waals surface area contributed by atoms with E-state index in [9.17, 15) is 9.90 Å². The van der Waals surface area contributed by atoms with Crippen molar-refractivity contribution in [3.63, 3.8) is 0 Å². The number of aromatic carboxylic acids is 1. The van der Waals surface area contributed by atoms with Gasteiger partial charge in [-0.3, -0.25) is 0 Å². The van der Waals surface area contributed by atoms with Crippen LogP contribution in [0.5, 0.6) is 0 Å². The number of allylic oxidation sites excluding steroid dienone is 1. The van der Waals surface area contributed by atoms with Gasteiger partial charge in [0.1, 0.15) is 9.88 Å². The molecule has 8 heteroatoms. The molecule has 1 unspecified atom stereocenters. The second kappa shape index (κ2) is 8.52. The quantitative estimate of drug-likeness (QED) is 0.643. The molecule has 1 atom stereocenters. The maximum absolute atomic E-state index is 12.0. The van der Waals surface area contributed by atoms with Crippen molar-refractivity contribution in [2.24, 2.45) is 0 Å². The van der Waals surface area contributed by atoms with Gasteiger partial charge < -0.3 is 20.5 Å². The van der Waals surface area contributed by atoms with Crippen LogP contribution < -0.4 is 10.6 Å². The molecule has 1 aliphatic rings. The van der Waals surface area contributed by atoms with Crippen LogP contribution in [-0.2, 0) is 4.74 Å². The molecular weight excluding hydrogens is 407 g/mol. The summed E-state index contributed by atoms with van der Waals surface area (Å²) in [6, 6.07) is 5.32. The Morgan fingerprint density at radius 3 is 2.67 bits per heavy atom. The Morgan fingerprint density at radius 1 is 1.37 bits per heavy atom. The molecule has 144 valence electrons. The summed E-state index contributed by atoms with van der Waals surface area (Å²) in [6.07, 6.45) is 2.28. The molecule has 2 aromatic rings. The number of ether oxygens (including phenoxy) is 1. The predicted molar refractivity (Wildman–Crippen MR) is 112 cm³/mol. The molecule has 2 heterocycles. The van der Waals surface area contributed by atoms with Gasteiger partial charge in [0.25, 0.3) is 0 Å².